The van der Waals surface area contributed by atoms with Gasteiger partial charge in [0.05, 0.1) is 0 Å². The molecule has 0 saturated carbocycles. The third-order valence-electron chi connectivity index (χ3n) is 3.08. The van der Waals surface area contributed by atoms with Gasteiger partial charge < -0.3 is 5.32 Å². The minimum Gasteiger partial charge on any atom is -0.309 e. The Morgan fingerprint density at radius 3 is 2.44 bits per heavy atom. The molecule has 0 radical (unpaired) electrons. The lowest BCUT2D eigenvalue weighted by molar-refractivity contribution is 0.168. The average Bonchev–Trinajstić information content (AvgIpc) is 2.64. The summed E-state index contributed by atoms with van der Waals surface area (Å²) in [5.41, 5.74) is 0. The van der Waals surface area contributed by atoms with Crippen molar-refractivity contribution in [2.75, 3.05) is 13.1 Å². The van der Waals surface area contributed by atoms with Crippen LogP contribution in [0.2, 0.25) is 0 Å². The molecule has 3 heteroatoms. The van der Waals surface area contributed by atoms with E-state index in [2.05, 4.69) is 43.1 Å². The molecule has 0 amide bonds. The Bertz CT molecular complexity index is 324. The van der Waals surface area contributed by atoms with E-state index in [9.17, 15) is 0 Å². The summed E-state index contributed by atoms with van der Waals surface area (Å²) in [5, 5.41) is 3.57. The zero-order valence-electron chi connectivity index (χ0n) is 10.5. The highest BCUT2D eigenvalue weighted by Gasteiger charge is 2.20. The van der Waals surface area contributed by atoms with Crippen molar-refractivity contribution in [2.24, 2.45) is 0 Å². The Morgan fingerprint density at radius 2 is 1.88 bits per heavy atom. The molecule has 1 saturated heterocycles. The first-order valence-electron chi connectivity index (χ1n) is 6.23. The normalized spacial score (nSPS) is 27.2. The second-order valence-corrected chi connectivity index (χ2v) is 6.14. The Labute approximate surface area is 103 Å². The van der Waals surface area contributed by atoms with Gasteiger partial charge in [0.25, 0.3) is 0 Å². The van der Waals surface area contributed by atoms with E-state index in [0.29, 0.717) is 12.1 Å². The van der Waals surface area contributed by atoms with E-state index < -0.39 is 0 Å². The van der Waals surface area contributed by atoms with Crippen molar-refractivity contribution in [2.45, 2.75) is 45.8 Å². The number of hydrogen-bond donors (Lipinski definition) is 1. The number of nitrogens with zero attached hydrogens (tertiary/aromatic N) is 1. The summed E-state index contributed by atoms with van der Waals surface area (Å²) in [7, 11) is 0. The molecule has 0 aliphatic carbocycles. The molecule has 1 fully saturated rings. The van der Waals surface area contributed by atoms with Crippen LogP contribution in [-0.4, -0.2) is 30.1 Å². The first-order valence-corrected chi connectivity index (χ1v) is 7.05. The summed E-state index contributed by atoms with van der Waals surface area (Å²) < 4.78 is 0. The maximum absolute atomic E-state index is 3.57. The SMILES string of the molecule is CCc1ccc(CN2CC(C)NC(C)C2)s1. The summed E-state index contributed by atoms with van der Waals surface area (Å²) in [6.45, 7) is 10.2. The first-order chi connectivity index (χ1) is 7.67. The van der Waals surface area contributed by atoms with E-state index in [-0.39, 0.29) is 0 Å². The fourth-order valence-electron chi connectivity index (χ4n) is 2.49. The Hall–Kier alpha value is -0.380. The second-order valence-electron chi connectivity index (χ2n) is 4.88. The topological polar surface area (TPSA) is 15.3 Å². The molecule has 2 nitrogen and oxygen atoms in total. The van der Waals surface area contributed by atoms with Gasteiger partial charge in [-0.1, -0.05) is 6.92 Å². The van der Waals surface area contributed by atoms with Crippen molar-refractivity contribution in [1.29, 1.82) is 0 Å². The van der Waals surface area contributed by atoms with Crippen LogP contribution in [0.3, 0.4) is 0 Å². The van der Waals surface area contributed by atoms with Crippen LogP contribution in [0.4, 0.5) is 0 Å². The molecule has 1 aromatic rings. The van der Waals surface area contributed by atoms with Crippen LogP contribution >= 0.6 is 11.3 Å². The number of aryl methyl sites for hydroxylation is 1. The Balaban J connectivity index is 1.93. The molecule has 1 aromatic heterocycles. The lowest BCUT2D eigenvalue weighted by atomic mass is 10.1. The summed E-state index contributed by atoms with van der Waals surface area (Å²) >= 11 is 1.97. The third kappa shape index (κ3) is 3.06. The highest BCUT2D eigenvalue weighted by molar-refractivity contribution is 7.11. The lowest BCUT2D eigenvalue weighted by Gasteiger charge is -2.35. The zero-order valence-corrected chi connectivity index (χ0v) is 11.3. The molecule has 2 unspecified atom stereocenters. The summed E-state index contributed by atoms with van der Waals surface area (Å²) in [6, 6.07) is 5.80. The van der Waals surface area contributed by atoms with Gasteiger partial charge in [-0.15, -0.1) is 11.3 Å². The van der Waals surface area contributed by atoms with Gasteiger partial charge in [0, 0.05) is 41.5 Å². The van der Waals surface area contributed by atoms with Crippen molar-refractivity contribution in [3.8, 4) is 0 Å². The van der Waals surface area contributed by atoms with Gasteiger partial charge in [0.15, 0.2) is 0 Å². The van der Waals surface area contributed by atoms with Crippen LogP contribution in [0.15, 0.2) is 12.1 Å². The highest BCUT2D eigenvalue weighted by Crippen LogP contribution is 2.19. The quantitative estimate of drug-likeness (QED) is 0.870. The monoisotopic (exact) mass is 238 g/mol. The van der Waals surface area contributed by atoms with E-state index in [0.717, 1.165) is 6.54 Å². The van der Waals surface area contributed by atoms with Gasteiger partial charge in [-0.3, -0.25) is 4.90 Å². The van der Waals surface area contributed by atoms with Crippen molar-refractivity contribution in [3.63, 3.8) is 0 Å². The predicted octanol–water partition coefficient (Wildman–Crippen LogP) is 2.49. The number of piperazine rings is 1. The van der Waals surface area contributed by atoms with Gasteiger partial charge in [0.1, 0.15) is 0 Å². The number of hydrogen-bond acceptors (Lipinski definition) is 3. The molecule has 90 valence electrons. The molecule has 1 aliphatic rings. The highest BCUT2D eigenvalue weighted by atomic mass is 32.1. The fourth-order valence-corrected chi connectivity index (χ4v) is 3.49. The van der Waals surface area contributed by atoms with Crippen molar-refractivity contribution < 1.29 is 0 Å². The summed E-state index contributed by atoms with van der Waals surface area (Å²) in [6.07, 6.45) is 1.17. The zero-order chi connectivity index (χ0) is 11.5. The van der Waals surface area contributed by atoms with E-state index in [1.165, 1.54) is 29.3 Å². The van der Waals surface area contributed by atoms with Crippen molar-refractivity contribution in [3.05, 3.63) is 21.9 Å². The van der Waals surface area contributed by atoms with Gasteiger partial charge >= 0.3 is 0 Å². The van der Waals surface area contributed by atoms with Crippen molar-refractivity contribution >= 4 is 11.3 Å². The van der Waals surface area contributed by atoms with E-state index in [1.54, 1.807) is 0 Å². The van der Waals surface area contributed by atoms with Crippen LogP contribution in [0.25, 0.3) is 0 Å². The van der Waals surface area contributed by atoms with Gasteiger partial charge in [-0.05, 0) is 32.4 Å². The Kier molecular flexibility index (Phi) is 4.00. The summed E-state index contributed by atoms with van der Waals surface area (Å²) in [4.78, 5) is 5.58. The Morgan fingerprint density at radius 1 is 1.25 bits per heavy atom. The molecule has 0 bridgehead atoms. The molecular weight excluding hydrogens is 216 g/mol. The van der Waals surface area contributed by atoms with Gasteiger partial charge in [-0.2, -0.15) is 0 Å². The molecule has 16 heavy (non-hydrogen) atoms. The van der Waals surface area contributed by atoms with Crippen LogP contribution < -0.4 is 5.32 Å². The largest absolute Gasteiger partial charge is 0.309 e. The van der Waals surface area contributed by atoms with E-state index in [4.69, 9.17) is 0 Å². The molecule has 1 N–H and O–H groups in total. The van der Waals surface area contributed by atoms with Crippen molar-refractivity contribution in [1.82, 2.24) is 10.2 Å². The van der Waals surface area contributed by atoms with E-state index >= 15 is 0 Å². The minimum atomic E-state index is 0.620. The van der Waals surface area contributed by atoms with Crippen LogP contribution in [-0.2, 0) is 13.0 Å². The second kappa shape index (κ2) is 5.30. The molecular formula is C13H22N2S. The van der Waals surface area contributed by atoms with Crippen LogP contribution in [0.5, 0.6) is 0 Å². The lowest BCUT2D eigenvalue weighted by Crippen LogP contribution is -2.53. The molecule has 2 rings (SSSR count). The molecule has 0 spiro atoms. The molecule has 2 heterocycles. The molecule has 0 aromatic carbocycles. The van der Waals surface area contributed by atoms with Crippen LogP contribution in [0, 0.1) is 0 Å². The maximum atomic E-state index is 3.57. The summed E-state index contributed by atoms with van der Waals surface area (Å²) in [5.74, 6) is 0. The molecule has 1 aliphatic heterocycles. The first kappa shape index (κ1) is 12.1. The third-order valence-corrected chi connectivity index (χ3v) is 4.29. The number of rotatable bonds is 3. The predicted molar refractivity (Wildman–Crippen MR) is 71.0 cm³/mol. The maximum Gasteiger partial charge on any atom is 0.0329 e. The smallest absolute Gasteiger partial charge is 0.0329 e. The van der Waals surface area contributed by atoms with Gasteiger partial charge in [0.2, 0.25) is 0 Å². The average molecular weight is 238 g/mol. The fraction of sp³-hybridized carbons (Fsp3) is 0.692. The standard InChI is InChI=1S/C13H22N2S/c1-4-12-5-6-13(16-12)9-15-7-10(2)14-11(3)8-15/h5-6,10-11,14H,4,7-9H2,1-3H3. The number of thiophene rings is 1. The minimum absolute atomic E-state index is 0.620. The van der Waals surface area contributed by atoms with E-state index in [1.807, 2.05) is 11.3 Å². The number of nitrogens with one attached hydrogen (secondary N) is 1. The van der Waals surface area contributed by atoms with Gasteiger partial charge in [-0.25, -0.2) is 0 Å². The molecule has 2 atom stereocenters. The van der Waals surface area contributed by atoms with Crippen LogP contribution in [0.1, 0.15) is 30.5 Å².